The fourth-order valence-electron chi connectivity index (χ4n) is 1.83. The summed E-state index contributed by atoms with van der Waals surface area (Å²) in [6.07, 6.45) is 0. The van der Waals surface area contributed by atoms with E-state index in [9.17, 15) is 9.59 Å². The second kappa shape index (κ2) is 7.78. The number of carbonyl (C=O) groups excluding carboxylic acids is 2. The van der Waals surface area contributed by atoms with Crippen molar-refractivity contribution in [2.45, 2.75) is 6.92 Å². The summed E-state index contributed by atoms with van der Waals surface area (Å²) >= 11 is 3.39. The third-order valence-corrected chi connectivity index (χ3v) is 3.95. The number of benzene rings is 2. The lowest BCUT2D eigenvalue weighted by atomic mass is 10.2. The number of methoxy groups -OCH3 is 1. The van der Waals surface area contributed by atoms with E-state index in [1.54, 1.807) is 36.4 Å². The average Bonchev–Trinajstić information content (AvgIpc) is 2.56. The molecule has 2 aromatic rings. The zero-order valence-electron chi connectivity index (χ0n) is 12.8. The molecule has 6 heteroatoms. The van der Waals surface area contributed by atoms with E-state index in [-0.39, 0.29) is 6.61 Å². The number of hydrogen-bond donors (Lipinski definition) is 1. The van der Waals surface area contributed by atoms with Crippen LogP contribution < -0.4 is 10.1 Å². The van der Waals surface area contributed by atoms with Gasteiger partial charge in [0.05, 0.1) is 12.7 Å². The molecule has 0 unspecified atom stereocenters. The van der Waals surface area contributed by atoms with Gasteiger partial charge in [-0.15, -0.1) is 0 Å². The Morgan fingerprint density at radius 2 is 1.96 bits per heavy atom. The number of amides is 1. The molecule has 0 fully saturated rings. The number of halogens is 1. The minimum Gasteiger partial charge on any atom is -0.497 e. The van der Waals surface area contributed by atoms with Gasteiger partial charge in [0, 0.05) is 10.2 Å². The largest absolute Gasteiger partial charge is 0.497 e. The summed E-state index contributed by atoms with van der Waals surface area (Å²) < 4.78 is 10.9. The summed E-state index contributed by atoms with van der Waals surface area (Å²) in [5.74, 6) is -0.436. The Bertz CT molecular complexity index is 730. The standard InChI is InChI=1S/C17H16BrNO4/c1-11-6-7-13(9-15(11)18)19-16(20)10-23-17(21)12-4-3-5-14(8-12)22-2/h3-9H,10H2,1-2H3,(H,19,20). The molecule has 120 valence electrons. The lowest BCUT2D eigenvalue weighted by Crippen LogP contribution is -2.21. The molecule has 0 saturated carbocycles. The van der Waals surface area contributed by atoms with Crippen molar-refractivity contribution >= 4 is 33.5 Å². The van der Waals surface area contributed by atoms with Crippen LogP contribution in [-0.2, 0) is 9.53 Å². The molecule has 0 heterocycles. The molecule has 0 spiro atoms. The highest BCUT2D eigenvalue weighted by molar-refractivity contribution is 9.10. The van der Waals surface area contributed by atoms with Gasteiger partial charge >= 0.3 is 5.97 Å². The van der Waals surface area contributed by atoms with E-state index in [1.807, 2.05) is 13.0 Å². The van der Waals surface area contributed by atoms with Gasteiger partial charge in [0.25, 0.3) is 5.91 Å². The molecule has 0 aliphatic rings. The number of esters is 1. The first-order valence-electron chi connectivity index (χ1n) is 6.87. The Labute approximate surface area is 142 Å². The average molecular weight is 378 g/mol. The Kier molecular flexibility index (Phi) is 5.76. The quantitative estimate of drug-likeness (QED) is 0.809. The van der Waals surface area contributed by atoms with E-state index < -0.39 is 11.9 Å². The number of hydrogen-bond acceptors (Lipinski definition) is 4. The molecule has 0 aliphatic heterocycles. The molecule has 0 saturated heterocycles. The molecule has 0 aromatic heterocycles. The Morgan fingerprint density at radius 1 is 1.17 bits per heavy atom. The summed E-state index contributed by atoms with van der Waals surface area (Å²) in [4.78, 5) is 23.7. The molecule has 2 aromatic carbocycles. The minimum absolute atomic E-state index is 0.329. The summed E-state index contributed by atoms with van der Waals surface area (Å²) in [5.41, 5.74) is 2.02. The van der Waals surface area contributed by atoms with Gasteiger partial charge < -0.3 is 14.8 Å². The molecule has 5 nitrogen and oxygen atoms in total. The lowest BCUT2D eigenvalue weighted by Gasteiger charge is -2.08. The van der Waals surface area contributed by atoms with Crippen LogP contribution in [0.4, 0.5) is 5.69 Å². The maximum atomic E-state index is 11.9. The zero-order valence-corrected chi connectivity index (χ0v) is 14.3. The first-order chi connectivity index (χ1) is 11.0. The molecule has 0 atom stereocenters. The van der Waals surface area contributed by atoms with Crippen LogP contribution >= 0.6 is 15.9 Å². The third-order valence-electron chi connectivity index (χ3n) is 3.10. The Morgan fingerprint density at radius 3 is 2.65 bits per heavy atom. The van der Waals surface area contributed by atoms with Crippen molar-refractivity contribution in [3.63, 3.8) is 0 Å². The van der Waals surface area contributed by atoms with Crippen LogP contribution in [0.1, 0.15) is 15.9 Å². The SMILES string of the molecule is COc1cccc(C(=O)OCC(=O)Nc2ccc(C)c(Br)c2)c1. The van der Waals surface area contributed by atoms with Crippen LogP contribution in [0.25, 0.3) is 0 Å². The minimum atomic E-state index is -0.580. The molecule has 0 bridgehead atoms. The van der Waals surface area contributed by atoms with Crippen LogP contribution in [0, 0.1) is 6.92 Å². The van der Waals surface area contributed by atoms with Crippen LogP contribution in [0.3, 0.4) is 0 Å². The first-order valence-corrected chi connectivity index (χ1v) is 7.66. The van der Waals surface area contributed by atoms with Gasteiger partial charge in [0.1, 0.15) is 5.75 Å². The van der Waals surface area contributed by atoms with Crippen molar-refractivity contribution in [1.29, 1.82) is 0 Å². The highest BCUT2D eigenvalue weighted by Crippen LogP contribution is 2.20. The third kappa shape index (κ3) is 4.82. The van der Waals surface area contributed by atoms with Gasteiger partial charge in [-0.1, -0.05) is 28.1 Å². The zero-order chi connectivity index (χ0) is 16.8. The van der Waals surface area contributed by atoms with E-state index in [1.165, 1.54) is 7.11 Å². The van der Waals surface area contributed by atoms with Crippen molar-refractivity contribution in [2.24, 2.45) is 0 Å². The molecule has 1 N–H and O–H groups in total. The summed E-state index contributed by atoms with van der Waals surface area (Å²) in [6, 6.07) is 12.0. The predicted octanol–water partition coefficient (Wildman–Crippen LogP) is 3.56. The predicted molar refractivity (Wildman–Crippen MR) is 90.8 cm³/mol. The van der Waals surface area contributed by atoms with Crippen LogP contribution in [0.5, 0.6) is 5.75 Å². The molecule has 23 heavy (non-hydrogen) atoms. The molecule has 0 aliphatic carbocycles. The number of ether oxygens (including phenoxy) is 2. The van der Waals surface area contributed by atoms with Crippen molar-refractivity contribution < 1.29 is 19.1 Å². The normalized spacial score (nSPS) is 10.0. The highest BCUT2D eigenvalue weighted by atomic mass is 79.9. The van der Waals surface area contributed by atoms with Gasteiger partial charge in [0.2, 0.25) is 0 Å². The summed E-state index contributed by atoms with van der Waals surface area (Å²) in [5, 5.41) is 2.67. The van der Waals surface area contributed by atoms with Crippen molar-refractivity contribution in [1.82, 2.24) is 0 Å². The Balaban J connectivity index is 1.90. The van der Waals surface area contributed by atoms with Gasteiger partial charge in [-0.25, -0.2) is 4.79 Å². The number of anilines is 1. The van der Waals surface area contributed by atoms with Gasteiger partial charge in [-0.3, -0.25) is 4.79 Å². The Hall–Kier alpha value is -2.34. The molecule has 0 radical (unpaired) electrons. The second-order valence-electron chi connectivity index (χ2n) is 4.82. The summed E-state index contributed by atoms with van der Waals surface area (Å²) in [6.45, 7) is 1.59. The topological polar surface area (TPSA) is 64.6 Å². The van der Waals surface area contributed by atoms with Crippen molar-refractivity contribution in [2.75, 3.05) is 19.0 Å². The molecule has 2 rings (SSSR count). The summed E-state index contributed by atoms with van der Waals surface area (Å²) in [7, 11) is 1.51. The number of rotatable bonds is 5. The molecular formula is C17H16BrNO4. The number of carbonyl (C=O) groups is 2. The maximum absolute atomic E-state index is 11.9. The van der Waals surface area contributed by atoms with Gasteiger partial charge in [-0.05, 0) is 42.8 Å². The van der Waals surface area contributed by atoms with Crippen LogP contribution in [-0.4, -0.2) is 25.6 Å². The highest BCUT2D eigenvalue weighted by Gasteiger charge is 2.11. The van der Waals surface area contributed by atoms with E-state index in [4.69, 9.17) is 9.47 Å². The molecule has 1 amide bonds. The van der Waals surface area contributed by atoms with Crippen molar-refractivity contribution in [3.8, 4) is 5.75 Å². The number of aryl methyl sites for hydroxylation is 1. The maximum Gasteiger partial charge on any atom is 0.338 e. The lowest BCUT2D eigenvalue weighted by molar-refractivity contribution is -0.119. The smallest absolute Gasteiger partial charge is 0.338 e. The van der Waals surface area contributed by atoms with E-state index >= 15 is 0 Å². The molecular weight excluding hydrogens is 362 g/mol. The van der Waals surface area contributed by atoms with E-state index in [0.29, 0.717) is 17.0 Å². The van der Waals surface area contributed by atoms with E-state index in [0.717, 1.165) is 10.0 Å². The number of nitrogens with one attached hydrogen (secondary N) is 1. The van der Waals surface area contributed by atoms with Crippen molar-refractivity contribution in [3.05, 3.63) is 58.1 Å². The second-order valence-corrected chi connectivity index (χ2v) is 5.67. The monoisotopic (exact) mass is 377 g/mol. The van der Waals surface area contributed by atoms with Crippen LogP contribution in [0.2, 0.25) is 0 Å². The van der Waals surface area contributed by atoms with Crippen LogP contribution in [0.15, 0.2) is 46.9 Å². The fraction of sp³-hybridized carbons (Fsp3) is 0.176. The first kappa shape index (κ1) is 17.0. The van der Waals surface area contributed by atoms with Gasteiger partial charge in [-0.2, -0.15) is 0 Å². The fourth-order valence-corrected chi connectivity index (χ4v) is 2.21. The van der Waals surface area contributed by atoms with Gasteiger partial charge in [0.15, 0.2) is 6.61 Å². The van der Waals surface area contributed by atoms with E-state index in [2.05, 4.69) is 21.2 Å².